The molecule has 2 N–H and O–H groups in total. The standard InChI is InChI=1S/C11H18N2O4S/c1-3-4-13-8-9(12)7-10(13)11(14)17-5-6-18(2,15)16/h7-8H,3-6,12H2,1-2H3. The summed E-state index contributed by atoms with van der Waals surface area (Å²) >= 11 is 0. The Bertz CT molecular complexity index is 519. The highest BCUT2D eigenvalue weighted by molar-refractivity contribution is 7.90. The lowest BCUT2D eigenvalue weighted by Gasteiger charge is -2.07. The second kappa shape index (κ2) is 5.90. The van der Waals surface area contributed by atoms with Crippen LogP contribution in [-0.2, 0) is 21.1 Å². The summed E-state index contributed by atoms with van der Waals surface area (Å²) in [6, 6.07) is 1.53. The first-order chi connectivity index (χ1) is 8.33. The normalized spacial score (nSPS) is 11.4. The molecule has 0 saturated carbocycles. The zero-order chi connectivity index (χ0) is 13.8. The Morgan fingerprint density at radius 1 is 1.50 bits per heavy atom. The van der Waals surface area contributed by atoms with Crippen LogP contribution in [0.4, 0.5) is 5.69 Å². The first kappa shape index (κ1) is 14.6. The molecule has 1 heterocycles. The van der Waals surface area contributed by atoms with E-state index >= 15 is 0 Å². The van der Waals surface area contributed by atoms with Gasteiger partial charge in [0.05, 0.1) is 11.4 Å². The quantitative estimate of drug-likeness (QED) is 0.770. The van der Waals surface area contributed by atoms with Crippen LogP contribution in [0.3, 0.4) is 0 Å². The highest BCUT2D eigenvalue weighted by Gasteiger charge is 2.14. The van der Waals surface area contributed by atoms with Crippen molar-refractivity contribution >= 4 is 21.5 Å². The van der Waals surface area contributed by atoms with Crippen molar-refractivity contribution in [2.24, 2.45) is 0 Å². The third-order valence-electron chi connectivity index (χ3n) is 2.28. The van der Waals surface area contributed by atoms with Gasteiger partial charge in [0.2, 0.25) is 0 Å². The van der Waals surface area contributed by atoms with E-state index < -0.39 is 15.8 Å². The summed E-state index contributed by atoms with van der Waals surface area (Å²) in [5, 5.41) is 0. The van der Waals surface area contributed by atoms with Gasteiger partial charge in [-0.2, -0.15) is 0 Å². The van der Waals surface area contributed by atoms with E-state index in [4.69, 9.17) is 10.5 Å². The van der Waals surface area contributed by atoms with E-state index in [-0.39, 0.29) is 12.4 Å². The summed E-state index contributed by atoms with van der Waals surface area (Å²) in [4.78, 5) is 11.7. The van der Waals surface area contributed by atoms with Gasteiger partial charge in [-0.25, -0.2) is 13.2 Å². The number of nitrogens with zero attached hydrogens (tertiary/aromatic N) is 1. The lowest BCUT2D eigenvalue weighted by atomic mass is 10.4. The van der Waals surface area contributed by atoms with Crippen molar-refractivity contribution in [3.8, 4) is 0 Å². The molecule has 6 nitrogen and oxygen atoms in total. The van der Waals surface area contributed by atoms with E-state index in [2.05, 4.69) is 0 Å². The topological polar surface area (TPSA) is 91.4 Å². The number of aromatic nitrogens is 1. The predicted octanol–water partition coefficient (Wildman–Crippen LogP) is 0.682. The van der Waals surface area contributed by atoms with Crippen LogP contribution in [0.15, 0.2) is 12.3 Å². The van der Waals surface area contributed by atoms with Gasteiger partial charge in [-0.05, 0) is 12.5 Å². The molecule has 7 heteroatoms. The number of hydrogen-bond donors (Lipinski definition) is 1. The molecule has 0 atom stereocenters. The number of rotatable bonds is 6. The molecule has 102 valence electrons. The average Bonchev–Trinajstić information content (AvgIpc) is 2.58. The Hall–Kier alpha value is -1.50. The van der Waals surface area contributed by atoms with Crippen molar-refractivity contribution in [1.29, 1.82) is 0 Å². The molecule has 0 spiro atoms. The van der Waals surface area contributed by atoms with E-state index in [0.717, 1.165) is 12.7 Å². The van der Waals surface area contributed by atoms with Gasteiger partial charge in [0, 0.05) is 19.0 Å². The molecule has 1 aromatic rings. The van der Waals surface area contributed by atoms with Gasteiger partial charge in [0.15, 0.2) is 9.84 Å². The number of hydrogen-bond acceptors (Lipinski definition) is 5. The molecule has 1 rings (SSSR count). The average molecular weight is 274 g/mol. The number of carbonyl (C=O) groups is 1. The van der Waals surface area contributed by atoms with Crippen LogP contribution < -0.4 is 5.73 Å². The zero-order valence-corrected chi connectivity index (χ0v) is 11.4. The minimum absolute atomic E-state index is 0.144. The fourth-order valence-electron chi connectivity index (χ4n) is 1.49. The van der Waals surface area contributed by atoms with Crippen molar-refractivity contribution in [2.75, 3.05) is 24.3 Å². The first-order valence-electron chi connectivity index (χ1n) is 5.64. The van der Waals surface area contributed by atoms with Crippen molar-refractivity contribution < 1.29 is 17.9 Å². The Labute approximate surface area is 107 Å². The Morgan fingerprint density at radius 3 is 2.72 bits per heavy atom. The van der Waals surface area contributed by atoms with Gasteiger partial charge in [0.25, 0.3) is 0 Å². The van der Waals surface area contributed by atoms with Gasteiger partial charge in [0.1, 0.15) is 12.3 Å². The molecule has 0 fully saturated rings. The molecule has 0 saturated heterocycles. The van der Waals surface area contributed by atoms with E-state index in [0.29, 0.717) is 17.9 Å². The number of esters is 1. The van der Waals surface area contributed by atoms with Gasteiger partial charge in [-0.1, -0.05) is 6.92 Å². The summed E-state index contributed by atoms with van der Waals surface area (Å²) in [6.45, 7) is 2.50. The summed E-state index contributed by atoms with van der Waals surface area (Å²) < 4.78 is 28.4. The third-order valence-corrected chi connectivity index (χ3v) is 3.19. The predicted molar refractivity (Wildman–Crippen MR) is 69.1 cm³/mol. The molecular formula is C11H18N2O4S. The van der Waals surface area contributed by atoms with E-state index in [1.807, 2.05) is 6.92 Å². The lowest BCUT2D eigenvalue weighted by Crippen LogP contribution is -2.16. The van der Waals surface area contributed by atoms with Crippen LogP contribution in [0.1, 0.15) is 23.8 Å². The van der Waals surface area contributed by atoms with Crippen molar-refractivity contribution in [3.63, 3.8) is 0 Å². The number of anilines is 1. The maximum absolute atomic E-state index is 11.7. The molecule has 0 aliphatic rings. The van der Waals surface area contributed by atoms with Gasteiger partial charge < -0.3 is 15.0 Å². The van der Waals surface area contributed by atoms with Crippen LogP contribution in [0, 0.1) is 0 Å². The summed E-state index contributed by atoms with van der Waals surface area (Å²) in [7, 11) is -3.13. The van der Waals surface area contributed by atoms with Crippen LogP contribution in [0.25, 0.3) is 0 Å². The van der Waals surface area contributed by atoms with E-state index in [9.17, 15) is 13.2 Å². The highest BCUT2D eigenvalue weighted by Crippen LogP contribution is 2.12. The van der Waals surface area contributed by atoms with Crippen molar-refractivity contribution in [3.05, 3.63) is 18.0 Å². The van der Waals surface area contributed by atoms with Crippen LogP contribution in [-0.4, -0.2) is 37.6 Å². The molecule has 0 aromatic carbocycles. The lowest BCUT2D eigenvalue weighted by molar-refractivity contribution is 0.0516. The molecule has 0 aliphatic heterocycles. The minimum atomic E-state index is -3.13. The van der Waals surface area contributed by atoms with Gasteiger partial charge in [-0.3, -0.25) is 0 Å². The fraction of sp³-hybridized carbons (Fsp3) is 0.545. The molecular weight excluding hydrogens is 256 g/mol. The van der Waals surface area contributed by atoms with Crippen LogP contribution >= 0.6 is 0 Å². The van der Waals surface area contributed by atoms with Crippen molar-refractivity contribution in [1.82, 2.24) is 4.57 Å². The molecule has 0 bridgehead atoms. The smallest absolute Gasteiger partial charge is 0.355 e. The van der Waals surface area contributed by atoms with E-state index in [1.165, 1.54) is 6.07 Å². The molecule has 0 unspecified atom stereocenters. The summed E-state index contributed by atoms with van der Waals surface area (Å²) in [5.41, 5.74) is 6.46. The minimum Gasteiger partial charge on any atom is -0.460 e. The van der Waals surface area contributed by atoms with Crippen LogP contribution in [0.5, 0.6) is 0 Å². The summed E-state index contributed by atoms with van der Waals surface area (Å²) in [6.07, 6.45) is 3.62. The van der Waals surface area contributed by atoms with Crippen LogP contribution in [0.2, 0.25) is 0 Å². The Morgan fingerprint density at radius 2 is 2.17 bits per heavy atom. The number of ether oxygens (including phenoxy) is 1. The first-order valence-corrected chi connectivity index (χ1v) is 7.70. The zero-order valence-electron chi connectivity index (χ0n) is 10.5. The van der Waals surface area contributed by atoms with Gasteiger partial charge in [-0.15, -0.1) is 0 Å². The van der Waals surface area contributed by atoms with E-state index in [1.54, 1.807) is 10.8 Å². The number of aryl methyl sites for hydroxylation is 1. The maximum atomic E-state index is 11.7. The molecule has 0 amide bonds. The summed E-state index contributed by atoms with van der Waals surface area (Å²) in [5.74, 6) is -0.730. The molecule has 18 heavy (non-hydrogen) atoms. The number of nitrogens with two attached hydrogens (primary N) is 1. The Balaban J connectivity index is 2.66. The largest absolute Gasteiger partial charge is 0.460 e. The molecule has 0 aliphatic carbocycles. The number of nitrogen functional groups attached to an aromatic ring is 1. The monoisotopic (exact) mass is 274 g/mol. The Kier molecular flexibility index (Phi) is 4.77. The number of sulfone groups is 1. The second-order valence-corrected chi connectivity index (χ2v) is 6.38. The number of carbonyl (C=O) groups excluding carboxylic acids is 1. The highest BCUT2D eigenvalue weighted by atomic mass is 32.2. The van der Waals surface area contributed by atoms with Gasteiger partial charge >= 0.3 is 5.97 Å². The maximum Gasteiger partial charge on any atom is 0.355 e. The fourth-order valence-corrected chi connectivity index (χ4v) is 1.88. The third kappa shape index (κ3) is 4.40. The molecule has 0 radical (unpaired) electrons. The second-order valence-electron chi connectivity index (χ2n) is 4.12. The SMILES string of the molecule is CCCn1cc(N)cc1C(=O)OCCS(C)(=O)=O. The molecule has 1 aromatic heterocycles. The van der Waals surface area contributed by atoms with Crippen molar-refractivity contribution in [2.45, 2.75) is 19.9 Å².